The topological polar surface area (TPSA) is 148 Å². The Morgan fingerprint density at radius 3 is 1.34 bits per heavy atom. The van der Waals surface area contributed by atoms with Crippen LogP contribution in [0.2, 0.25) is 0 Å². The third-order valence-electron chi connectivity index (χ3n) is 4.01. The molecule has 0 atom stereocenters. The molecule has 2 aromatic rings. The Balaban J connectivity index is 1.59. The first kappa shape index (κ1) is 22.6. The lowest BCUT2D eigenvalue weighted by Gasteiger charge is -2.08. The summed E-state index contributed by atoms with van der Waals surface area (Å²) >= 11 is 0. The fourth-order valence-corrected chi connectivity index (χ4v) is 2.39. The van der Waals surface area contributed by atoms with Gasteiger partial charge in [0.15, 0.2) is 0 Å². The van der Waals surface area contributed by atoms with Crippen molar-refractivity contribution in [3.8, 4) is 0 Å². The molecule has 0 aliphatic heterocycles. The molecule has 0 spiro atoms. The lowest BCUT2D eigenvalue weighted by molar-refractivity contribution is 0.0892. The van der Waals surface area contributed by atoms with Crippen molar-refractivity contribution in [3.63, 3.8) is 0 Å². The Kier molecular flexibility index (Phi) is 8.84. The second-order valence-electron chi connectivity index (χ2n) is 6.12. The zero-order valence-electron chi connectivity index (χ0n) is 15.6. The number of hydrogen-bond acceptors (Lipinski definition) is 7. The van der Waals surface area contributed by atoms with Crippen LogP contribution in [-0.2, 0) is 4.74 Å². The number of carbonyl (C=O) groups excluding carboxylic acids is 2. The maximum Gasteiger partial charge on any atom is 0.488 e. The molecule has 2 rings (SSSR count). The zero-order valence-corrected chi connectivity index (χ0v) is 15.6. The second kappa shape index (κ2) is 11.3. The zero-order chi connectivity index (χ0) is 21.2. The van der Waals surface area contributed by atoms with Crippen LogP contribution in [0.4, 0.5) is 0 Å². The van der Waals surface area contributed by atoms with Crippen molar-refractivity contribution in [3.05, 3.63) is 59.7 Å². The molecule has 0 aromatic heterocycles. The van der Waals surface area contributed by atoms with Gasteiger partial charge in [-0.25, -0.2) is 0 Å². The highest BCUT2D eigenvalue weighted by Crippen LogP contribution is 1.98. The smallest absolute Gasteiger partial charge is 0.423 e. The van der Waals surface area contributed by atoms with Crippen LogP contribution in [0.3, 0.4) is 0 Å². The lowest BCUT2D eigenvalue weighted by Crippen LogP contribution is -2.32. The summed E-state index contributed by atoms with van der Waals surface area (Å²) in [6.45, 7) is 1.08. The summed E-state index contributed by atoms with van der Waals surface area (Å²) in [5.74, 6) is -0.616. The molecule has 0 fully saturated rings. The van der Waals surface area contributed by atoms with Gasteiger partial charge < -0.3 is 35.5 Å². The van der Waals surface area contributed by atoms with Gasteiger partial charge in [-0.15, -0.1) is 0 Å². The fraction of sp³-hybridized carbons (Fsp3) is 0.222. The summed E-state index contributed by atoms with van der Waals surface area (Å²) in [6.07, 6.45) is 0. The van der Waals surface area contributed by atoms with Crippen LogP contribution in [0.1, 0.15) is 20.7 Å². The number of nitrogens with one attached hydrogen (secondary N) is 2. The largest absolute Gasteiger partial charge is 0.488 e. The van der Waals surface area contributed by atoms with E-state index >= 15 is 0 Å². The molecule has 0 aliphatic carbocycles. The minimum Gasteiger partial charge on any atom is -0.423 e. The molecular weight excluding hydrogens is 378 g/mol. The van der Waals surface area contributed by atoms with E-state index in [4.69, 9.17) is 24.8 Å². The highest BCUT2D eigenvalue weighted by molar-refractivity contribution is 6.58. The van der Waals surface area contributed by atoms with Gasteiger partial charge in [-0.1, -0.05) is 24.3 Å². The highest BCUT2D eigenvalue weighted by atomic mass is 16.5. The van der Waals surface area contributed by atoms with Crippen molar-refractivity contribution < 1.29 is 34.4 Å². The maximum atomic E-state index is 11.9. The molecule has 0 radical (unpaired) electrons. The Morgan fingerprint density at radius 1 is 0.690 bits per heavy atom. The number of rotatable bonds is 10. The first-order chi connectivity index (χ1) is 13.9. The van der Waals surface area contributed by atoms with E-state index in [0.29, 0.717) is 22.1 Å². The Bertz CT molecular complexity index is 731. The van der Waals surface area contributed by atoms with Crippen molar-refractivity contribution in [1.82, 2.24) is 10.6 Å². The van der Waals surface area contributed by atoms with E-state index in [2.05, 4.69) is 10.6 Å². The number of benzene rings is 2. The average Bonchev–Trinajstić information content (AvgIpc) is 2.72. The molecule has 6 N–H and O–H groups in total. The number of ether oxygens (including phenoxy) is 1. The molecular formula is C18H22B2N2O7. The van der Waals surface area contributed by atoms with Gasteiger partial charge in [-0.05, 0) is 35.2 Å². The van der Waals surface area contributed by atoms with Crippen LogP contribution >= 0.6 is 0 Å². The summed E-state index contributed by atoms with van der Waals surface area (Å²) in [7, 11) is -3.15. The third kappa shape index (κ3) is 7.33. The van der Waals surface area contributed by atoms with Gasteiger partial charge in [-0.3, -0.25) is 9.59 Å². The minimum atomic E-state index is -1.58. The summed E-state index contributed by atoms with van der Waals surface area (Å²) in [5.41, 5.74) is 1.38. The molecule has 9 nitrogen and oxygen atoms in total. The standard InChI is InChI=1S/C18H22B2N2O7/c23-17(13-1-5-15(6-2-13)19(25)26)21-9-11-29-12-10-22-18(24)14-3-7-16(8-4-14)20(27)28/h1-8,25-28H,9-12H2,(H,21,23)(H,22,24). The van der Waals surface area contributed by atoms with Crippen molar-refractivity contribution in [2.24, 2.45) is 0 Å². The summed E-state index contributed by atoms with van der Waals surface area (Å²) < 4.78 is 5.35. The number of carbonyl (C=O) groups is 2. The lowest BCUT2D eigenvalue weighted by atomic mass is 9.80. The molecule has 0 saturated heterocycles. The van der Waals surface area contributed by atoms with Crippen LogP contribution in [0.5, 0.6) is 0 Å². The normalized spacial score (nSPS) is 10.3. The molecule has 0 bridgehead atoms. The molecule has 2 amide bonds. The fourth-order valence-electron chi connectivity index (χ4n) is 2.39. The third-order valence-corrected chi connectivity index (χ3v) is 4.01. The summed E-state index contributed by atoms with van der Waals surface area (Å²) in [4.78, 5) is 23.9. The van der Waals surface area contributed by atoms with E-state index in [1.165, 1.54) is 48.5 Å². The van der Waals surface area contributed by atoms with E-state index in [9.17, 15) is 9.59 Å². The van der Waals surface area contributed by atoms with Crippen molar-refractivity contribution in [2.75, 3.05) is 26.3 Å². The first-order valence-corrected chi connectivity index (χ1v) is 8.95. The molecule has 0 aliphatic rings. The van der Waals surface area contributed by atoms with Gasteiger partial charge in [0.1, 0.15) is 0 Å². The van der Waals surface area contributed by atoms with E-state index in [1.54, 1.807) is 0 Å². The molecule has 0 saturated carbocycles. The first-order valence-electron chi connectivity index (χ1n) is 8.95. The van der Waals surface area contributed by atoms with E-state index in [1.807, 2.05) is 0 Å². The maximum absolute atomic E-state index is 11.9. The number of amides is 2. The Hall–Kier alpha value is -2.69. The highest BCUT2D eigenvalue weighted by Gasteiger charge is 2.13. The van der Waals surface area contributed by atoms with Crippen molar-refractivity contribution >= 4 is 37.0 Å². The minimum absolute atomic E-state index is 0.262. The molecule has 29 heavy (non-hydrogen) atoms. The number of hydrogen-bond donors (Lipinski definition) is 6. The summed E-state index contributed by atoms with van der Waals surface area (Å²) in [5, 5.41) is 41.4. The van der Waals surface area contributed by atoms with Gasteiger partial charge in [0.25, 0.3) is 11.8 Å². The monoisotopic (exact) mass is 400 g/mol. The van der Waals surface area contributed by atoms with Gasteiger partial charge in [0.05, 0.1) is 13.2 Å². The second-order valence-corrected chi connectivity index (χ2v) is 6.12. The molecule has 152 valence electrons. The molecule has 0 unspecified atom stereocenters. The summed E-state index contributed by atoms with van der Waals surface area (Å²) in [6, 6.07) is 11.8. The van der Waals surface area contributed by atoms with E-state index in [0.717, 1.165) is 0 Å². The predicted octanol–water partition coefficient (Wildman–Crippen LogP) is -2.78. The Morgan fingerprint density at radius 2 is 1.03 bits per heavy atom. The van der Waals surface area contributed by atoms with E-state index in [-0.39, 0.29) is 38.1 Å². The van der Waals surface area contributed by atoms with Crippen LogP contribution in [0.25, 0.3) is 0 Å². The van der Waals surface area contributed by atoms with Crippen LogP contribution in [0, 0.1) is 0 Å². The van der Waals surface area contributed by atoms with Gasteiger partial charge in [0, 0.05) is 24.2 Å². The van der Waals surface area contributed by atoms with Gasteiger partial charge in [0.2, 0.25) is 0 Å². The van der Waals surface area contributed by atoms with Gasteiger partial charge in [-0.2, -0.15) is 0 Å². The molecule has 2 aromatic carbocycles. The molecule has 0 heterocycles. The van der Waals surface area contributed by atoms with Gasteiger partial charge >= 0.3 is 14.2 Å². The average molecular weight is 400 g/mol. The predicted molar refractivity (Wildman–Crippen MR) is 108 cm³/mol. The van der Waals surface area contributed by atoms with Crippen molar-refractivity contribution in [2.45, 2.75) is 0 Å². The Labute approximate surface area is 168 Å². The van der Waals surface area contributed by atoms with Crippen LogP contribution < -0.4 is 21.6 Å². The van der Waals surface area contributed by atoms with Crippen LogP contribution in [-0.4, -0.2) is 72.5 Å². The van der Waals surface area contributed by atoms with Crippen LogP contribution in [0.15, 0.2) is 48.5 Å². The molecule has 11 heteroatoms. The van der Waals surface area contributed by atoms with Crippen molar-refractivity contribution in [1.29, 1.82) is 0 Å². The van der Waals surface area contributed by atoms with E-state index < -0.39 is 14.2 Å². The SMILES string of the molecule is O=C(NCCOCCNC(=O)c1ccc(B(O)O)cc1)c1ccc(B(O)O)cc1. The quantitative estimate of drug-likeness (QED) is 0.187.